The topological polar surface area (TPSA) is 92.8 Å². The van der Waals surface area contributed by atoms with Gasteiger partial charge in [-0.3, -0.25) is 4.79 Å². The van der Waals surface area contributed by atoms with Gasteiger partial charge in [-0.05, 0) is 74.6 Å². The zero-order chi connectivity index (χ0) is 23.1. The van der Waals surface area contributed by atoms with Crippen molar-refractivity contribution < 1.29 is 22.7 Å². The molecule has 7 nitrogen and oxygen atoms in total. The summed E-state index contributed by atoms with van der Waals surface area (Å²) >= 11 is 0. The van der Waals surface area contributed by atoms with E-state index in [0.29, 0.717) is 31.5 Å². The smallest absolute Gasteiger partial charge is 0.338 e. The summed E-state index contributed by atoms with van der Waals surface area (Å²) in [5, 5.41) is 2.77. The molecule has 2 aliphatic rings. The number of carbonyl (C=O) groups is 2. The summed E-state index contributed by atoms with van der Waals surface area (Å²) in [5.41, 5.74) is 1.58. The molecule has 1 fully saturated rings. The van der Waals surface area contributed by atoms with Gasteiger partial charge in [0.05, 0.1) is 10.5 Å². The Bertz CT molecular complexity index is 930. The lowest BCUT2D eigenvalue weighted by Crippen LogP contribution is -2.42. The van der Waals surface area contributed by atoms with E-state index in [-0.39, 0.29) is 23.0 Å². The van der Waals surface area contributed by atoms with Gasteiger partial charge in [0.1, 0.15) is 0 Å². The van der Waals surface area contributed by atoms with E-state index in [9.17, 15) is 18.0 Å². The number of hydrogen-bond donors (Lipinski definition) is 1. The largest absolute Gasteiger partial charge is 0.452 e. The van der Waals surface area contributed by atoms with Crippen molar-refractivity contribution in [3.05, 3.63) is 41.5 Å². The van der Waals surface area contributed by atoms with Gasteiger partial charge in [-0.15, -0.1) is 0 Å². The van der Waals surface area contributed by atoms with E-state index in [4.69, 9.17) is 4.74 Å². The van der Waals surface area contributed by atoms with Gasteiger partial charge in [0.25, 0.3) is 5.91 Å². The van der Waals surface area contributed by atoms with Gasteiger partial charge >= 0.3 is 5.97 Å². The van der Waals surface area contributed by atoms with Crippen LogP contribution in [0.15, 0.2) is 40.8 Å². The zero-order valence-corrected chi connectivity index (χ0v) is 19.8. The molecule has 8 heteroatoms. The number of ether oxygens (including phenoxy) is 1. The number of nitrogens with zero attached hydrogens (tertiary/aromatic N) is 1. The van der Waals surface area contributed by atoms with Crippen LogP contribution < -0.4 is 5.32 Å². The first-order valence-electron chi connectivity index (χ1n) is 11.5. The number of carbonyl (C=O) groups excluding carboxylic acids is 2. The maximum atomic E-state index is 12.9. The van der Waals surface area contributed by atoms with Crippen molar-refractivity contribution >= 4 is 21.9 Å². The van der Waals surface area contributed by atoms with E-state index in [2.05, 4.69) is 25.2 Å². The first-order valence-corrected chi connectivity index (χ1v) is 12.9. The Kier molecular flexibility index (Phi) is 8.48. The minimum atomic E-state index is -3.60. The van der Waals surface area contributed by atoms with Crippen molar-refractivity contribution in [2.24, 2.45) is 11.8 Å². The van der Waals surface area contributed by atoms with Crippen LogP contribution in [0.1, 0.15) is 62.7 Å². The third-order valence-electron chi connectivity index (χ3n) is 6.05. The predicted molar refractivity (Wildman–Crippen MR) is 123 cm³/mol. The Morgan fingerprint density at radius 1 is 1.09 bits per heavy atom. The third kappa shape index (κ3) is 6.65. The molecule has 0 bridgehead atoms. The predicted octanol–water partition coefficient (Wildman–Crippen LogP) is 3.52. The summed E-state index contributed by atoms with van der Waals surface area (Å²) in [6, 6.07) is 5.71. The van der Waals surface area contributed by atoms with E-state index >= 15 is 0 Å². The fraction of sp³-hybridized carbons (Fsp3) is 0.583. The zero-order valence-electron chi connectivity index (χ0n) is 19.0. The molecule has 1 heterocycles. The van der Waals surface area contributed by atoms with Gasteiger partial charge in [-0.2, -0.15) is 4.31 Å². The van der Waals surface area contributed by atoms with Crippen LogP contribution in [0.2, 0.25) is 0 Å². The van der Waals surface area contributed by atoms with Crippen molar-refractivity contribution in [2.45, 2.75) is 57.3 Å². The molecule has 2 atom stereocenters. The van der Waals surface area contributed by atoms with Crippen LogP contribution in [0.5, 0.6) is 0 Å². The average Bonchev–Trinajstić information content (AvgIpc) is 2.77. The number of piperidine rings is 1. The van der Waals surface area contributed by atoms with Crippen LogP contribution in [-0.4, -0.2) is 50.8 Å². The average molecular weight is 463 g/mol. The van der Waals surface area contributed by atoms with Gasteiger partial charge in [0.15, 0.2) is 6.61 Å². The second kappa shape index (κ2) is 11.1. The van der Waals surface area contributed by atoms with Gasteiger partial charge in [0.2, 0.25) is 10.0 Å². The second-order valence-corrected chi connectivity index (χ2v) is 11.0. The van der Waals surface area contributed by atoms with Crippen LogP contribution >= 0.6 is 0 Å². The van der Waals surface area contributed by atoms with Crippen molar-refractivity contribution in [2.75, 3.05) is 26.2 Å². The fourth-order valence-corrected chi connectivity index (χ4v) is 6.15. The molecule has 1 aliphatic carbocycles. The van der Waals surface area contributed by atoms with E-state index < -0.39 is 16.0 Å². The lowest BCUT2D eigenvalue weighted by molar-refractivity contribution is -0.124. The van der Waals surface area contributed by atoms with Gasteiger partial charge < -0.3 is 10.1 Å². The lowest BCUT2D eigenvalue weighted by atomic mass is 9.94. The number of allylic oxidation sites excluding steroid dienone is 1. The molecule has 176 valence electrons. The Morgan fingerprint density at radius 2 is 1.78 bits per heavy atom. The van der Waals surface area contributed by atoms with Crippen molar-refractivity contribution in [1.82, 2.24) is 9.62 Å². The van der Waals surface area contributed by atoms with Crippen molar-refractivity contribution in [1.29, 1.82) is 0 Å². The maximum Gasteiger partial charge on any atom is 0.338 e. The number of benzene rings is 1. The molecule has 0 spiro atoms. The van der Waals surface area contributed by atoms with E-state index in [1.54, 1.807) is 0 Å². The molecule has 3 rings (SSSR count). The van der Waals surface area contributed by atoms with Crippen LogP contribution in [0.3, 0.4) is 0 Å². The molecule has 0 radical (unpaired) electrons. The molecule has 1 aromatic carbocycles. The molecule has 32 heavy (non-hydrogen) atoms. The summed E-state index contributed by atoms with van der Waals surface area (Å²) in [4.78, 5) is 24.3. The van der Waals surface area contributed by atoms with E-state index in [1.165, 1.54) is 47.0 Å². The molecular formula is C24H34N2O5S. The highest BCUT2D eigenvalue weighted by atomic mass is 32.2. The van der Waals surface area contributed by atoms with Gasteiger partial charge in [-0.1, -0.05) is 25.5 Å². The van der Waals surface area contributed by atoms with Gasteiger partial charge in [0, 0.05) is 19.6 Å². The number of rotatable bonds is 8. The summed E-state index contributed by atoms with van der Waals surface area (Å²) in [7, 11) is -3.60. The number of nitrogens with one attached hydrogen (secondary N) is 1. The minimum absolute atomic E-state index is 0.158. The van der Waals surface area contributed by atoms with E-state index in [1.807, 2.05) is 0 Å². The highest BCUT2D eigenvalue weighted by Crippen LogP contribution is 2.27. The quantitative estimate of drug-likeness (QED) is 0.471. The number of amides is 1. The summed E-state index contributed by atoms with van der Waals surface area (Å²) in [5.74, 6) is -0.372. The lowest BCUT2D eigenvalue weighted by Gasteiger charge is -2.34. The normalized spacial score (nSPS) is 22.1. The number of esters is 1. The molecule has 1 saturated heterocycles. The van der Waals surface area contributed by atoms with Gasteiger partial charge in [-0.25, -0.2) is 13.2 Å². The number of sulfonamides is 1. The molecule has 0 aromatic heterocycles. The molecule has 1 N–H and O–H groups in total. The standard InChI is InChI=1S/C24H34N2O5S/c1-18-14-19(2)16-26(15-18)32(29,30)22-10-8-21(9-11-22)24(28)31-17-23(27)25-13-12-20-6-4-3-5-7-20/h6,8-11,18-19H,3-5,7,12-17H2,1-2H3,(H,25,27). The van der Waals surface area contributed by atoms with Crippen LogP contribution in [-0.2, 0) is 19.6 Å². The molecule has 1 aromatic rings. The van der Waals surface area contributed by atoms with Crippen molar-refractivity contribution in [3.8, 4) is 0 Å². The van der Waals surface area contributed by atoms with Crippen LogP contribution in [0.4, 0.5) is 0 Å². The summed E-state index contributed by atoms with van der Waals surface area (Å²) in [6.45, 7) is 5.29. The molecular weight excluding hydrogens is 428 g/mol. The first kappa shape index (κ1) is 24.5. The molecule has 1 amide bonds. The Balaban J connectivity index is 1.48. The van der Waals surface area contributed by atoms with Crippen LogP contribution in [0, 0.1) is 11.8 Å². The highest BCUT2D eigenvalue weighted by Gasteiger charge is 2.31. The Labute approximate surface area is 191 Å². The van der Waals surface area contributed by atoms with E-state index in [0.717, 1.165) is 25.7 Å². The molecule has 0 saturated carbocycles. The fourth-order valence-electron chi connectivity index (χ4n) is 4.47. The third-order valence-corrected chi connectivity index (χ3v) is 7.90. The Morgan fingerprint density at radius 3 is 2.41 bits per heavy atom. The highest BCUT2D eigenvalue weighted by molar-refractivity contribution is 7.89. The van der Waals surface area contributed by atoms with Crippen molar-refractivity contribution in [3.63, 3.8) is 0 Å². The Hall–Kier alpha value is -2.19. The second-order valence-electron chi connectivity index (χ2n) is 9.08. The molecule has 2 unspecified atom stereocenters. The maximum absolute atomic E-state index is 12.9. The minimum Gasteiger partial charge on any atom is -0.452 e. The first-order chi connectivity index (χ1) is 15.3. The summed E-state index contributed by atoms with van der Waals surface area (Å²) < 4.78 is 32.5. The SMILES string of the molecule is CC1CC(C)CN(S(=O)(=O)c2ccc(C(=O)OCC(=O)NCCC3=CCCCC3)cc2)C1. The molecule has 1 aliphatic heterocycles. The summed E-state index contributed by atoms with van der Waals surface area (Å²) in [6.07, 6.45) is 8.71. The van der Waals surface area contributed by atoms with Crippen LogP contribution in [0.25, 0.3) is 0 Å². The number of hydrogen-bond acceptors (Lipinski definition) is 5. The monoisotopic (exact) mass is 462 g/mol.